The zero-order chi connectivity index (χ0) is 14.6. The van der Waals surface area contributed by atoms with Crippen molar-refractivity contribution in [3.05, 3.63) is 35.9 Å². The minimum Gasteiger partial charge on any atom is -0.353 e. The zero-order valence-corrected chi connectivity index (χ0v) is 13.2. The predicted octanol–water partition coefficient (Wildman–Crippen LogP) is 0.260. The maximum atomic E-state index is 11.7. The molecule has 118 valence electrons. The van der Waals surface area contributed by atoms with Gasteiger partial charge in [-0.05, 0) is 12.0 Å². The van der Waals surface area contributed by atoms with Crippen LogP contribution in [0.3, 0.4) is 0 Å². The molecule has 0 aromatic heterocycles. The molecule has 0 radical (unpaired) electrons. The van der Waals surface area contributed by atoms with Crippen LogP contribution in [-0.4, -0.2) is 44.0 Å². The molecule has 2 rings (SSSR count). The molecule has 0 spiro atoms. The number of amides is 1. The minimum atomic E-state index is -3.23. The Bertz CT molecular complexity index is 565. The highest BCUT2D eigenvalue weighted by atomic mass is 35.5. The molecule has 1 unspecified atom stereocenters. The maximum Gasteiger partial charge on any atom is 0.235 e. The van der Waals surface area contributed by atoms with E-state index < -0.39 is 10.0 Å². The Balaban J connectivity index is 0.00000220. The van der Waals surface area contributed by atoms with Crippen LogP contribution in [0.1, 0.15) is 18.0 Å². The number of sulfonamides is 1. The molecule has 1 aromatic carbocycles. The first-order valence-corrected chi connectivity index (χ1v) is 8.15. The Kier molecular flexibility index (Phi) is 6.60. The monoisotopic (exact) mass is 333 g/mol. The Labute approximate surface area is 131 Å². The SMILES string of the molecule is Cl.NC(CNC(=O)CN1CCCS1(=O)=O)c1ccccc1. The highest BCUT2D eigenvalue weighted by Gasteiger charge is 2.29. The van der Waals surface area contributed by atoms with Gasteiger partial charge < -0.3 is 11.1 Å². The van der Waals surface area contributed by atoms with Crippen LogP contribution in [0.5, 0.6) is 0 Å². The molecule has 1 fully saturated rings. The fraction of sp³-hybridized carbons (Fsp3) is 0.462. The van der Waals surface area contributed by atoms with Gasteiger partial charge in [0, 0.05) is 19.1 Å². The Morgan fingerprint density at radius 3 is 2.57 bits per heavy atom. The third-order valence-corrected chi connectivity index (χ3v) is 5.17. The molecule has 0 bridgehead atoms. The number of carbonyl (C=O) groups excluding carboxylic acids is 1. The van der Waals surface area contributed by atoms with Crippen LogP contribution in [0.4, 0.5) is 0 Å². The van der Waals surface area contributed by atoms with Gasteiger partial charge in [-0.15, -0.1) is 12.4 Å². The number of carbonyl (C=O) groups is 1. The lowest BCUT2D eigenvalue weighted by atomic mass is 10.1. The minimum absolute atomic E-state index is 0. The Morgan fingerprint density at radius 1 is 1.33 bits per heavy atom. The van der Waals surface area contributed by atoms with Crippen molar-refractivity contribution in [2.75, 3.05) is 25.4 Å². The highest BCUT2D eigenvalue weighted by molar-refractivity contribution is 7.89. The summed E-state index contributed by atoms with van der Waals surface area (Å²) in [5.41, 5.74) is 6.89. The highest BCUT2D eigenvalue weighted by Crippen LogP contribution is 2.12. The largest absolute Gasteiger partial charge is 0.353 e. The Morgan fingerprint density at radius 2 is 2.00 bits per heavy atom. The first-order valence-electron chi connectivity index (χ1n) is 6.54. The van der Waals surface area contributed by atoms with E-state index in [-0.39, 0.29) is 43.2 Å². The quantitative estimate of drug-likeness (QED) is 0.808. The third kappa shape index (κ3) is 4.96. The van der Waals surface area contributed by atoms with Gasteiger partial charge in [-0.25, -0.2) is 8.42 Å². The van der Waals surface area contributed by atoms with Crippen LogP contribution in [-0.2, 0) is 14.8 Å². The fourth-order valence-electron chi connectivity index (χ4n) is 2.13. The number of rotatable bonds is 5. The molecule has 1 amide bonds. The third-order valence-electron chi connectivity index (χ3n) is 3.27. The molecule has 3 N–H and O–H groups in total. The number of hydrogen-bond donors (Lipinski definition) is 2. The maximum absolute atomic E-state index is 11.7. The summed E-state index contributed by atoms with van der Waals surface area (Å²) < 4.78 is 24.4. The van der Waals surface area contributed by atoms with Gasteiger partial charge in [-0.3, -0.25) is 4.79 Å². The van der Waals surface area contributed by atoms with E-state index in [1.165, 1.54) is 4.31 Å². The van der Waals surface area contributed by atoms with E-state index in [0.717, 1.165) is 5.56 Å². The van der Waals surface area contributed by atoms with Crippen LogP contribution in [0.15, 0.2) is 30.3 Å². The molecule has 1 aromatic rings. The van der Waals surface area contributed by atoms with Crippen molar-refractivity contribution in [2.45, 2.75) is 12.5 Å². The molecule has 8 heteroatoms. The van der Waals surface area contributed by atoms with Gasteiger partial charge in [-0.2, -0.15) is 4.31 Å². The van der Waals surface area contributed by atoms with Gasteiger partial charge in [0.15, 0.2) is 0 Å². The predicted molar refractivity (Wildman–Crippen MR) is 83.6 cm³/mol. The lowest BCUT2D eigenvalue weighted by Gasteiger charge is -2.16. The van der Waals surface area contributed by atoms with Gasteiger partial charge in [0.1, 0.15) is 0 Å². The zero-order valence-electron chi connectivity index (χ0n) is 11.6. The molecule has 0 saturated carbocycles. The van der Waals surface area contributed by atoms with E-state index in [4.69, 9.17) is 5.73 Å². The summed E-state index contributed by atoms with van der Waals surface area (Å²) in [7, 11) is -3.23. The average Bonchev–Trinajstić information content (AvgIpc) is 2.76. The summed E-state index contributed by atoms with van der Waals surface area (Å²) in [5.74, 6) is -0.189. The summed E-state index contributed by atoms with van der Waals surface area (Å²) in [4.78, 5) is 11.7. The molecule has 6 nitrogen and oxygen atoms in total. The van der Waals surface area contributed by atoms with Crippen molar-refractivity contribution in [3.8, 4) is 0 Å². The standard InChI is InChI=1S/C13H19N3O3S.ClH/c14-12(11-5-2-1-3-6-11)9-15-13(17)10-16-7-4-8-20(16,18)19;/h1-3,5-6,12H,4,7-10,14H2,(H,15,17);1H. The summed E-state index contributed by atoms with van der Waals surface area (Å²) in [6.07, 6.45) is 0.582. The van der Waals surface area contributed by atoms with Crippen molar-refractivity contribution >= 4 is 28.3 Å². The molecule has 0 aliphatic carbocycles. The lowest BCUT2D eigenvalue weighted by Crippen LogP contribution is -2.40. The van der Waals surface area contributed by atoms with Crippen LogP contribution in [0.2, 0.25) is 0 Å². The van der Waals surface area contributed by atoms with Crippen LogP contribution in [0, 0.1) is 0 Å². The fourth-order valence-corrected chi connectivity index (χ4v) is 3.60. The van der Waals surface area contributed by atoms with Crippen molar-refractivity contribution in [3.63, 3.8) is 0 Å². The van der Waals surface area contributed by atoms with E-state index in [1.807, 2.05) is 30.3 Å². The molecule has 21 heavy (non-hydrogen) atoms. The molecular formula is C13H20ClN3O3S. The van der Waals surface area contributed by atoms with Gasteiger partial charge in [0.2, 0.25) is 15.9 Å². The Hall–Kier alpha value is -1.15. The van der Waals surface area contributed by atoms with Crippen LogP contribution < -0.4 is 11.1 Å². The number of nitrogens with zero attached hydrogens (tertiary/aromatic N) is 1. The molecule has 1 aliphatic rings. The molecule has 1 aliphatic heterocycles. The van der Waals surface area contributed by atoms with Crippen LogP contribution >= 0.6 is 12.4 Å². The molecular weight excluding hydrogens is 314 g/mol. The van der Waals surface area contributed by atoms with Crippen molar-refractivity contribution in [1.82, 2.24) is 9.62 Å². The molecule has 1 atom stereocenters. The second-order valence-electron chi connectivity index (χ2n) is 4.82. The van der Waals surface area contributed by atoms with Crippen molar-refractivity contribution < 1.29 is 13.2 Å². The smallest absolute Gasteiger partial charge is 0.235 e. The number of nitrogens with two attached hydrogens (primary N) is 1. The summed E-state index contributed by atoms with van der Waals surface area (Å²) in [6.45, 7) is 0.584. The first kappa shape index (κ1) is 17.9. The second-order valence-corrected chi connectivity index (χ2v) is 6.91. The number of halogens is 1. The van der Waals surface area contributed by atoms with Crippen molar-refractivity contribution in [1.29, 1.82) is 0 Å². The van der Waals surface area contributed by atoms with Gasteiger partial charge >= 0.3 is 0 Å². The summed E-state index contributed by atoms with van der Waals surface area (Å²) in [6, 6.07) is 9.15. The van der Waals surface area contributed by atoms with E-state index in [9.17, 15) is 13.2 Å². The normalized spacial score (nSPS) is 18.7. The van der Waals surface area contributed by atoms with Crippen molar-refractivity contribution in [2.24, 2.45) is 5.73 Å². The van der Waals surface area contributed by atoms with E-state index in [0.29, 0.717) is 13.0 Å². The topological polar surface area (TPSA) is 92.5 Å². The van der Waals surface area contributed by atoms with Gasteiger partial charge in [0.05, 0.1) is 12.3 Å². The summed E-state index contributed by atoms with van der Waals surface area (Å²) >= 11 is 0. The second kappa shape index (κ2) is 7.74. The first-order chi connectivity index (χ1) is 9.49. The van der Waals surface area contributed by atoms with Gasteiger partial charge in [-0.1, -0.05) is 30.3 Å². The van der Waals surface area contributed by atoms with E-state index in [1.54, 1.807) is 0 Å². The van der Waals surface area contributed by atoms with E-state index in [2.05, 4.69) is 5.32 Å². The van der Waals surface area contributed by atoms with E-state index >= 15 is 0 Å². The molecule has 1 heterocycles. The summed E-state index contributed by atoms with van der Waals surface area (Å²) in [5, 5.41) is 2.68. The number of hydrogen-bond acceptors (Lipinski definition) is 4. The molecule has 1 saturated heterocycles. The lowest BCUT2D eigenvalue weighted by molar-refractivity contribution is -0.121. The average molecular weight is 334 g/mol. The number of nitrogens with one attached hydrogen (secondary N) is 1. The van der Waals surface area contributed by atoms with Gasteiger partial charge in [0.25, 0.3) is 0 Å². The number of benzene rings is 1. The van der Waals surface area contributed by atoms with Crippen LogP contribution in [0.25, 0.3) is 0 Å².